The van der Waals surface area contributed by atoms with Gasteiger partial charge in [-0.05, 0) is 19.1 Å². The van der Waals surface area contributed by atoms with Gasteiger partial charge in [-0.25, -0.2) is 4.68 Å². The smallest absolute Gasteiger partial charge is 0.325 e. The van der Waals surface area contributed by atoms with E-state index >= 15 is 0 Å². The number of aliphatic carboxylic acids is 1. The molecule has 0 unspecified atom stereocenters. The normalized spacial score (nSPS) is 9.75. The van der Waals surface area contributed by atoms with Crippen LogP contribution in [-0.4, -0.2) is 20.9 Å². The van der Waals surface area contributed by atoms with E-state index in [1.165, 1.54) is 6.07 Å². The molecule has 0 aromatic carbocycles. The highest BCUT2D eigenvalue weighted by atomic mass is 16.4. The molecule has 0 spiro atoms. The highest BCUT2D eigenvalue weighted by Gasteiger charge is 2.00. The van der Waals surface area contributed by atoms with Crippen molar-refractivity contribution in [2.75, 3.05) is 0 Å². The van der Waals surface area contributed by atoms with Crippen LogP contribution < -0.4 is 5.49 Å². The van der Waals surface area contributed by atoms with Gasteiger partial charge in [0.2, 0.25) is 0 Å². The molecule has 0 radical (unpaired) electrons. The molecule has 0 bridgehead atoms. The monoisotopic (exact) mass is 167 g/mol. The van der Waals surface area contributed by atoms with Gasteiger partial charge in [0.05, 0.1) is 5.69 Å². The zero-order valence-electron chi connectivity index (χ0n) is 6.61. The number of carboxylic acid groups (broad SMARTS) is 1. The van der Waals surface area contributed by atoms with Crippen molar-refractivity contribution in [2.45, 2.75) is 13.5 Å². The highest BCUT2D eigenvalue weighted by Crippen LogP contribution is 1.85. The second-order valence-corrected chi connectivity index (χ2v) is 2.41. The van der Waals surface area contributed by atoms with Gasteiger partial charge in [-0.15, -0.1) is 0 Å². The number of nitrogens with one attached hydrogen (secondary N) is 1. The van der Waals surface area contributed by atoms with Crippen molar-refractivity contribution in [3.8, 4) is 0 Å². The van der Waals surface area contributed by atoms with Crippen molar-refractivity contribution >= 4 is 5.97 Å². The molecule has 0 aliphatic rings. The van der Waals surface area contributed by atoms with Crippen molar-refractivity contribution in [3.05, 3.63) is 23.3 Å². The van der Waals surface area contributed by atoms with Crippen LogP contribution in [0.4, 0.5) is 0 Å². The van der Waals surface area contributed by atoms with Gasteiger partial charge in [0.25, 0.3) is 0 Å². The largest absolute Gasteiger partial charge is 0.480 e. The van der Waals surface area contributed by atoms with E-state index in [4.69, 9.17) is 10.5 Å². The molecule has 1 aromatic heterocycles. The van der Waals surface area contributed by atoms with E-state index in [9.17, 15) is 4.79 Å². The maximum atomic E-state index is 10.3. The summed E-state index contributed by atoms with van der Waals surface area (Å²) in [4.78, 5) is 10.3. The molecule has 0 saturated heterocycles. The van der Waals surface area contributed by atoms with E-state index in [0.29, 0.717) is 5.69 Å². The van der Waals surface area contributed by atoms with Crippen LogP contribution in [0, 0.1) is 12.3 Å². The van der Waals surface area contributed by atoms with Crippen molar-refractivity contribution in [1.29, 1.82) is 5.41 Å². The number of aromatic nitrogens is 2. The average Bonchev–Trinajstić information content (AvgIpc) is 1.96. The Balaban J connectivity index is 3.06. The predicted octanol–water partition coefficient (Wildman–Crippen LogP) is -0.244. The van der Waals surface area contributed by atoms with Gasteiger partial charge in [-0.1, -0.05) is 0 Å². The van der Waals surface area contributed by atoms with Crippen LogP contribution in [0.15, 0.2) is 12.1 Å². The number of carboxylic acids is 1. The Hall–Kier alpha value is -1.65. The summed E-state index contributed by atoms with van der Waals surface area (Å²) in [5.74, 6) is -0.994. The SMILES string of the molecule is Cc1ccc(=N)n(CC(=O)O)n1. The van der Waals surface area contributed by atoms with Gasteiger partial charge in [0, 0.05) is 0 Å². The number of carbonyl (C=O) groups is 1. The number of rotatable bonds is 2. The van der Waals surface area contributed by atoms with Gasteiger partial charge >= 0.3 is 5.97 Å². The minimum Gasteiger partial charge on any atom is -0.480 e. The van der Waals surface area contributed by atoms with Crippen LogP contribution in [0.1, 0.15) is 5.69 Å². The molecule has 1 aromatic rings. The molecule has 0 saturated carbocycles. The van der Waals surface area contributed by atoms with Gasteiger partial charge in [0.15, 0.2) is 0 Å². The summed E-state index contributed by atoms with van der Waals surface area (Å²) < 4.78 is 1.14. The van der Waals surface area contributed by atoms with Crippen molar-refractivity contribution < 1.29 is 9.90 Å². The second-order valence-electron chi connectivity index (χ2n) is 2.41. The number of aryl methyl sites for hydroxylation is 1. The van der Waals surface area contributed by atoms with E-state index in [1.54, 1.807) is 13.0 Å². The number of hydrogen-bond acceptors (Lipinski definition) is 3. The lowest BCUT2D eigenvalue weighted by Gasteiger charge is -2.01. The Kier molecular flexibility index (Phi) is 2.23. The Bertz CT molecular complexity index is 356. The van der Waals surface area contributed by atoms with Crippen LogP contribution in [0.25, 0.3) is 0 Å². The summed E-state index contributed by atoms with van der Waals surface area (Å²) in [6.07, 6.45) is 0. The standard InChI is InChI=1S/C7H9N3O2/c1-5-2-3-6(8)10(9-5)4-7(11)12/h2-3,8H,4H2,1H3,(H,11,12). The van der Waals surface area contributed by atoms with E-state index in [0.717, 1.165) is 4.68 Å². The predicted molar refractivity (Wildman–Crippen MR) is 40.5 cm³/mol. The summed E-state index contributed by atoms with van der Waals surface area (Å²) in [6, 6.07) is 3.19. The van der Waals surface area contributed by atoms with Crippen molar-refractivity contribution in [3.63, 3.8) is 0 Å². The Labute approximate surface area is 68.8 Å². The van der Waals surface area contributed by atoms with Crippen LogP contribution in [-0.2, 0) is 11.3 Å². The molecule has 5 heteroatoms. The molecule has 5 nitrogen and oxygen atoms in total. The Morgan fingerprint density at radius 1 is 1.75 bits per heavy atom. The van der Waals surface area contributed by atoms with Crippen molar-refractivity contribution in [1.82, 2.24) is 9.78 Å². The van der Waals surface area contributed by atoms with E-state index < -0.39 is 5.97 Å². The average molecular weight is 167 g/mol. The zero-order valence-corrected chi connectivity index (χ0v) is 6.61. The second kappa shape index (κ2) is 3.17. The molecule has 0 fully saturated rings. The van der Waals surface area contributed by atoms with Gasteiger partial charge in [-0.2, -0.15) is 5.10 Å². The fraction of sp³-hybridized carbons (Fsp3) is 0.286. The third-order valence-corrected chi connectivity index (χ3v) is 1.32. The van der Waals surface area contributed by atoms with E-state index in [1.807, 2.05) is 0 Å². The fourth-order valence-corrected chi connectivity index (χ4v) is 0.812. The summed E-state index contributed by atoms with van der Waals surface area (Å²) in [7, 11) is 0. The maximum Gasteiger partial charge on any atom is 0.325 e. The van der Waals surface area contributed by atoms with Crippen LogP contribution in [0.5, 0.6) is 0 Å². The molecule has 12 heavy (non-hydrogen) atoms. The van der Waals surface area contributed by atoms with Crippen LogP contribution in [0.2, 0.25) is 0 Å². The fourth-order valence-electron chi connectivity index (χ4n) is 0.812. The quantitative estimate of drug-likeness (QED) is 0.637. The van der Waals surface area contributed by atoms with Crippen molar-refractivity contribution in [2.24, 2.45) is 0 Å². The summed E-state index contributed by atoms with van der Waals surface area (Å²) in [5, 5.41) is 19.6. The first-order valence-corrected chi connectivity index (χ1v) is 3.41. The molecule has 64 valence electrons. The third kappa shape index (κ3) is 1.91. The number of hydrogen-bond donors (Lipinski definition) is 2. The first-order chi connectivity index (χ1) is 5.59. The lowest BCUT2D eigenvalue weighted by atomic mass is 10.4. The molecule has 0 aliphatic carbocycles. The topological polar surface area (TPSA) is 79.0 Å². The van der Waals surface area contributed by atoms with Gasteiger partial charge in [0.1, 0.15) is 12.0 Å². The molecule has 0 aliphatic heterocycles. The Morgan fingerprint density at radius 2 is 2.42 bits per heavy atom. The molecule has 1 rings (SSSR count). The highest BCUT2D eigenvalue weighted by molar-refractivity contribution is 5.66. The van der Waals surface area contributed by atoms with Gasteiger partial charge < -0.3 is 5.11 Å². The van der Waals surface area contributed by atoms with Gasteiger partial charge in [-0.3, -0.25) is 10.2 Å². The summed E-state index contributed by atoms with van der Waals surface area (Å²) in [5.41, 5.74) is 0.801. The van der Waals surface area contributed by atoms with Crippen LogP contribution in [0.3, 0.4) is 0 Å². The third-order valence-electron chi connectivity index (χ3n) is 1.32. The summed E-state index contributed by atoms with van der Waals surface area (Å²) in [6.45, 7) is 1.48. The lowest BCUT2D eigenvalue weighted by Crippen LogP contribution is -2.26. The lowest BCUT2D eigenvalue weighted by molar-refractivity contribution is -0.138. The van der Waals surface area contributed by atoms with Crippen LogP contribution >= 0.6 is 0 Å². The minimum absolute atomic E-state index is 0.100. The molecule has 1 heterocycles. The number of nitrogens with zero attached hydrogens (tertiary/aromatic N) is 2. The Morgan fingerprint density at radius 3 is 3.00 bits per heavy atom. The molecular formula is C7H9N3O2. The summed E-state index contributed by atoms with van der Waals surface area (Å²) >= 11 is 0. The maximum absolute atomic E-state index is 10.3. The molecular weight excluding hydrogens is 158 g/mol. The first-order valence-electron chi connectivity index (χ1n) is 3.41. The molecule has 0 amide bonds. The minimum atomic E-state index is -0.994. The molecule has 0 atom stereocenters. The van der Waals surface area contributed by atoms with E-state index in [-0.39, 0.29) is 12.0 Å². The first kappa shape index (κ1) is 8.45. The zero-order chi connectivity index (χ0) is 9.14. The molecule has 2 N–H and O–H groups in total. The van der Waals surface area contributed by atoms with E-state index in [2.05, 4.69) is 5.10 Å².